The molecule has 3 nitrogen and oxygen atoms in total. The summed E-state index contributed by atoms with van der Waals surface area (Å²) in [6.45, 7) is 6.16. The average molecular weight is 296 g/mol. The highest BCUT2D eigenvalue weighted by atomic mass is 35.5. The van der Waals surface area contributed by atoms with Crippen LogP contribution < -0.4 is 5.32 Å². The van der Waals surface area contributed by atoms with E-state index in [1.807, 2.05) is 20.8 Å². The van der Waals surface area contributed by atoms with E-state index in [1.165, 1.54) is 11.3 Å². The fourth-order valence-electron chi connectivity index (χ4n) is 1.17. The summed E-state index contributed by atoms with van der Waals surface area (Å²) >= 11 is 13.1. The van der Waals surface area contributed by atoms with Gasteiger partial charge in [0.25, 0.3) is 0 Å². The number of halogens is 2. The highest BCUT2D eigenvalue weighted by Crippen LogP contribution is 2.30. The molecule has 0 aromatic carbocycles. The number of hydrogen-bond acceptors (Lipinski definition) is 4. The number of nitrogens with one attached hydrogen (secondary N) is 1. The van der Waals surface area contributed by atoms with Crippen LogP contribution in [0.15, 0.2) is 6.07 Å². The van der Waals surface area contributed by atoms with Crippen molar-refractivity contribution in [3.8, 4) is 0 Å². The highest BCUT2D eigenvalue weighted by molar-refractivity contribution is 7.20. The summed E-state index contributed by atoms with van der Waals surface area (Å²) in [5.74, 6) is -0.282. The van der Waals surface area contributed by atoms with Crippen LogP contribution in [0.3, 0.4) is 0 Å². The second-order valence-electron chi connectivity index (χ2n) is 4.54. The zero-order chi connectivity index (χ0) is 13.1. The molecule has 1 heterocycles. The average Bonchev–Trinajstić information content (AvgIpc) is 2.42. The molecule has 1 aromatic rings. The zero-order valence-electron chi connectivity index (χ0n) is 9.97. The van der Waals surface area contributed by atoms with Gasteiger partial charge in [-0.05, 0) is 32.4 Å². The van der Waals surface area contributed by atoms with Crippen molar-refractivity contribution in [1.82, 2.24) is 5.32 Å². The first kappa shape index (κ1) is 14.8. The smallest absolute Gasteiger partial charge is 0.320 e. The molecule has 6 heteroatoms. The maximum atomic E-state index is 11.4. The summed E-state index contributed by atoms with van der Waals surface area (Å²) < 4.78 is 6.44. The van der Waals surface area contributed by atoms with Crippen molar-refractivity contribution in [2.45, 2.75) is 32.9 Å². The molecule has 0 fully saturated rings. The van der Waals surface area contributed by atoms with Crippen LogP contribution in [0.25, 0.3) is 0 Å². The van der Waals surface area contributed by atoms with Gasteiger partial charge in [0.1, 0.15) is 5.60 Å². The van der Waals surface area contributed by atoms with E-state index in [2.05, 4.69) is 5.32 Å². The van der Waals surface area contributed by atoms with Gasteiger partial charge in [-0.2, -0.15) is 0 Å². The molecule has 0 aliphatic carbocycles. The predicted molar refractivity (Wildman–Crippen MR) is 71.9 cm³/mol. The van der Waals surface area contributed by atoms with Gasteiger partial charge >= 0.3 is 5.97 Å². The van der Waals surface area contributed by atoms with Crippen LogP contribution in [0.2, 0.25) is 8.67 Å². The molecule has 0 saturated carbocycles. The maximum absolute atomic E-state index is 11.4. The zero-order valence-corrected chi connectivity index (χ0v) is 12.3. The summed E-state index contributed by atoms with van der Waals surface area (Å²) in [6.07, 6.45) is 0. The van der Waals surface area contributed by atoms with Crippen LogP contribution >= 0.6 is 34.5 Å². The van der Waals surface area contributed by atoms with E-state index in [0.29, 0.717) is 15.2 Å². The van der Waals surface area contributed by atoms with Crippen LogP contribution in [-0.2, 0) is 16.1 Å². The van der Waals surface area contributed by atoms with Crippen molar-refractivity contribution in [3.05, 3.63) is 20.3 Å². The predicted octanol–water partition coefficient (Wildman–Crippen LogP) is 3.49. The summed E-state index contributed by atoms with van der Waals surface area (Å²) in [7, 11) is 0. The summed E-state index contributed by atoms with van der Waals surface area (Å²) in [5.41, 5.74) is 0.437. The van der Waals surface area contributed by atoms with Crippen LogP contribution in [0.4, 0.5) is 0 Å². The van der Waals surface area contributed by atoms with Crippen LogP contribution in [0.5, 0.6) is 0 Å². The lowest BCUT2D eigenvalue weighted by Gasteiger charge is -2.19. The third-order valence-electron chi connectivity index (χ3n) is 1.73. The number of ether oxygens (including phenoxy) is 1. The van der Waals surface area contributed by atoms with Gasteiger partial charge in [0.2, 0.25) is 0 Å². The van der Waals surface area contributed by atoms with Crippen LogP contribution in [0, 0.1) is 0 Å². The minimum absolute atomic E-state index is 0.154. The van der Waals surface area contributed by atoms with E-state index in [9.17, 15) is 4.79 Å². The lowest BCUT2D eigenvalue weighted by Crippen LogP contribution is -2.31. The Kier molecular flexibility index (Phi) is 5.25. The lowest BCUT2D eigenvalue weighted by atomic mass is 10.2. The summed E-state index contributed by atoms with van der Waals surface area (Å²) in [4.78, 5) is 11.4. The van der Waals surface area contributed by atoms with Crippen LogP contribution in [-0.4, -0.2) is 18.1 Å². The molecule has 1 N–H and O–H groups in total. The first-order valence-corrected chi connectivity index (χ1v) is 6.71. The molecule has 0 aliphatic heterocycles. The molecule has 0 atom stereocenters. The van der Waals surface area contributed by atoms with E-state index in [1.54, 1.807) is 6.07 Å². The largest absolute Gasteiger partial charge is 0.459 e. The second kappa shape index (κ2) is 6.05. The fraction of sp³-hybridized carbons (Fsp3) is 0.545. The molecule has 0 amide bonds. The quantitative estimate of drug-likeness (QED) is 0.864. The Morgan fingerprint density at radius 1 is 1.47 bits per heavy atom. The summed E-state index contributed by atoms with van der Waals surface area (Å²) in [6, 6.07) is 1.79. The first-order chi connectivity index (χ1) is 7.78. The standard InChI is InChI=1S/C11H15Cl2NO2S/c1-11(2,3)16-9(15)6-14-5-7-4-8(12)17-10(7)13/h4,14H,5-6H2,1-3H3. The van der Waals surface area contributed by atoms with Gasteiger partial charge in [-0.25, -0.2) is 0 Å². The minimum Gasteiger partial charge on any atom is -0.459 e. The molecule has 0 spiro atoms. The molecule has 17 heavy (non-hydrogen) atoms. The number of carbonyl (C=O) groups is 1. The highest BCUT2D eigenvalue weighted by Gasteiger charge is 2.15. The van der Waals surface area contributed by atoms with E-state index in [-0.39, 0.29) is 12.5 Å². The normalized spacial score (nSPS) is 11.6. The molecule has 96 valence electrons. The lowest BCUT2D eigenvalue weighted by molar-refractivity contribution is -0.153. The molecular formula is C11H15Cl2NO2S. The van der Waals surface area contributed by atoms with Gasteiger partial charge in [0, 0.05) is 6.54 Å². The van der Waals surface area contributed by atoms with E-state index >= 15 is 0 Å². The molecule has 0 saturated heterocycles. The number of carbonyl (C=O) groups excluding carboxylic acids is 1. The van der Waals surface area contributed by atoms with Gasteiger partial charge in [0.05, 0.1) is 15.2 Å². The Labute approximate surface area is 115 Å². The first-order valence-electron chi connectivity index (χ1n) is 5.14. The van der Waals surface area contributed by atoms with Crippen molar-refractivity contribution in [3.63, 3.8) is 0 Å². The molecule has 0 aliphatic rings. The Hall–Kier alpha value is -0.290. The van der Waals surface area contributed by atoms with E-state index < -0.39 is 5.60 Å². The third kappa shape index (κ3) is 5.73. The third-order valence-corrected chi connectivity index (χ3v) is 3.30. The van der Waals surface area contributed by atoms with Crippen molar-refractivity contribution in [2.75, 3.05) is 6.54 Å². The maximum Gasteiger partial charge on any atom is 0.320 e. The monoisotopic (exact) mass is 295 g/mol. The Bertz CT molecular complexity index is 399. The van der Waals surface area contributed by atoms with E-state index in [0.717, 1.165) is 5.56 Å². The van der Waals surface area contributed by atoms with Crippen molar-refractivity contribution in [2.24, 2.45) is 0 Å². The minimum atomic E-state index is -0.456. The van der Waals surface area contributed by atoms with Crippen LogP contribution in [0.1, 0.15) is 26.3 Å². The van der Waals surface area contributed by atoms with Gasteiger partial charge < -0.3 is 10.1 Å². The Balaban J connectivity index is 2.33. The number of thiophene rings is 1. The Morgan fingerprint density at radius 3 is 2.59 bits per heavy atom. The topological polar surface area (TPSA) is 38.3 Å². The van der Waals surface area contributed by atoms with Gasteiger partial charge in [-0.15, -0.1) is 11.3 Å². The fourth-order valence-corrected chi connectivity index (χ4v) is 2.66. The van der Waals surface area contributed by atoms with Gasteiger partial charge in [-0.1, -0.05) is 23.2 Å². The number of esters is 1. The number of hydrogen-bond donors (Lipinski definition) is 1. The Morgan fingerprint density at radius 2 is 2.12 bits per heavy atom. The van der Waals surface area contributed by atoms with E-state index in [4.69, 9.17) is 27.9 Å². The molecular weight excluding hydrogens is 281 g/mol. The molecule has 0 radical (unpaired) electrons. The van der Waals surface area contributed by atoms with Crippen molar-refractivity contribution in [1.29, 1.82) is 0 Å². The second-order valence-corrected chi connectivity index (χ2v) is 6.83. The molecule has 1 rings (SSSR count). The van der Waals surface area contributed by atoms with Gasteiger partial charge in [-0.3, -0.25) is 4.79 Å². The molecule has 0 unspecified atom stereocenters. The summed E-state index contributed by atoms with van der Waals surface area (Å²) in [5, 5.41) is 2.97. The van der Waals surface area contributed by atoms with Crippen molar-refractivity contribution < 1.29 is 9.53 Å². The number of rotatable bonds is 4. The van der Waals surface area contributed by atoms with Crippen molar-refractivity contribution >= 4 is 40.5 Å². The van der Waals surface area contributed by atoms with Gasteiger partial charge in [0.15, 0.2) is 0 Å². The SMILES string of the molecule is CC(C)(C)OC(=O)CNCc1cc(Cl)sc1Cl. The molecule has 0 bridgehead atoms. The molecule has 1 aromatic heterocycles.